The van der Waals surface area contributed by atoms with Crippen molar-refractivity contribution in [2.75, 3.05) is 4.90 Å². The molecule has 2 heterocycles. The molecular weight excluding hydrogens is 1050 g/mol. The molecule has 5 aliphatic rings. The second-order valence-corrected chi connectivity index (χ2v) is 25.0. The Morgan fingerprint density at radius 2 is 0.607 bits per heavy atom. The lowest BCUT2D eigenvalue weighted by atomic mass is 9.67. The minimum atomic E-state index is -0.557. The number of anilines is 3. The molecule has 0 fully saturated rings. The third-order valence-electron chi connectivity index (χ3n) is 19.1. The van der Waals surface area contributed by atoms with Crippen LogP contribution in [-0.4, -0.2) is 0 Å². The quantitative estimate of drug-likeness (QED) is 0.163. The third-order valence-corrected chi connectivity index (χ3v) is 21.4. The fourth-order valence-corrected chi connectivity index (χ4v) is 18.4. The molecule has 0 amide bonds. The Bertz CT molecular complexity index is 4750. The molecule has 13 aromatic carbocycles. The Morgan fingerprint density at radius 1 is 0.226 bits per heavy atom. The molecule has 3 heteroatoms. The van der Waals surface area contributed by atoms with E-state index in [0.717, 1.165) is 22.6 Å². The normalized spacial score (nSPS) is 14.9. The van der Waals surface area contributed by atoms with E-state index in [1.54, 1.807) is 0 Å². The highest BCUT2D eigenvalue weighted by atomic mass is 32.2. The summed E-state index contributed by atoms with van der Waals surface area (Å²) >= 11 is 3.79. The number of nitrogens with zero attached hydrogens (tertiary/aromatic N) is 1. The average molecular weight is 1100 g/mol. The lowest BCUT2D eigenvalue weighted by Gasteiger charge is -2.40. The summed E-state index contributed by atoms with van der Waals surface area (Å²) in [6, 6.07) is 117. The first-order valence-electron chi connectivity index (χ1n) is 29.1. The lowest BCUT2D eigenvalue weighted by Crippen LogP contribution is -2.32. The molecule has 2 spiro atoms. The van der Waals surface area contributed by atoms with E-state index in [1.165, 1.54) is 125 Å². The molecule has 2 aliphatic heterocycles. The van der Waals surface area contributed by atoms with Crippen LogP contribution in [0, 0.1) is 0 Å². The molecule has 0 atom stereocenters. The Kier molecular flexibility index (Phi) is 10.4. The molecule has 1 nitrogen and oxygen atoms in total. The lowest BCUT2D eigenvalue weighted by molar-refractivity contribution is 0.722. The van der Waals surface area contributed by atoms with Crippen molar-refractivity contribution in [3.05, 3.63) is 376 Å². The van der Waals surface area contributed by atoms with Crippen LogP contribution in [0.1, 0.15) is 66.8 Å². The molecule has 0 radical (unpaired) electrons. The second kappa shape index (κ2) is 18.2. The van der Waals surface area contributed by atoms with Crippen molar-refractivity contribution in [2.45, 2.75) is 35.8 Å². The van der Waals surface area contributed by atoms with E-state index in [2.05, 4.69) is 314 Å². The monoisotopic (exact) mass is 1100 g/mol. The van der Waals surface area contributed by atoms with Crippen LogP contribution in [0.25, 0.3) is 44.5 Å². The summed E-state index contributed by atoms with van der Waals surface area (Å²) in [6.07, 6.45) is 0. The predicted octanol–water partition coefficient (Wildman–Crippen LogP) is 20.8. The highest BCUT2D eigenvalue weighted by molar-refractivity contribution is 7.99. The number of rotatable bonds is 6. The van der Waals surface area contributed by atoms with Crippen LogP contribution in [0.4, 0.5) is 17.1 Å². The fourth-order valence-electron chi connectivity index (χ4n) is 16.0. The van der Waals surface area contributed by atoms with Gasteiger partial charge in [0.2, 0.25) is 0 Å². The zero-order valence-electron chi connectivity index (χ0n) is 45.7. The third kappa shape index (κ3) is 6.27. The first-order valence-corrected chi connectivity index (χ1v) is 30.8. The number of hydrogen-bond acceptors (Lipinski definition) is 3. The van der Waals surface area contributed by atoms with Crippen molar-refractivity contribution in [3.63, 3.8) is 0 Å². The van der Waals surface area contributed by atoms with Crippen LogP contribution in [0.2, 0.25) is 0 Å². The summed E-state index contributed by atoms with van der Waals surface area (Å²) in [5, 5.41) is 0. The summed E-state index contributed by atoms with van der Waals surface area (Å²) in [5.41, 5.74) is 27.4. The predicted molar refractivity (Wildman–Crippen MR) is 347 cm³/mol. The first kappa shape index (κ1) is 47.9. The van der Waals surface area contributed by atoms with Gasteiger partial charge in [0.15, 0.2) is 0 Å². The summed E-state index contributed by atoms with van der Waals surface area (Å²) in [4.78, 5) is 7.79. The maximum Gasteiger partial charge on any atom is 0.0736 e. The van der Waals surface area contributed by atoms with Gasteiger partial charge in [-0.05, 0) is 160 Å². The van der Waals surface area contributed by atoms with Gasteiger partial charge in [0, 0.05) is 36.5 Å². The van der Waals surface area contributed by atoms with Crippen molar-refractivity contribution in [3.8, 4) is 44.5 Å². The van der Waals surface area contributed by atoms with E-state index in [-0.39, 0.29) is 0 Å². The van der Waals surface area contributed by atoms with Crippen molar-refractivity contribution in [2.24, 2.45) is 0 Å². The van der Waals surface area contributed by atoms with Gasteiger partial charge in [-0.15, -0.1) is 0 Å². The highest BCUT2D eigenvalue weighted by Gasteiger charge is 2.53. The zero-order chi connectivity index (χ0) is 55.1. The molecule has 0 aromatic heterocycles. The molecule has 0 bridgehead atoms. The molecule has 0 N–H and O–H groups in total. The second-order valence-electron chi connectivity index (χ2n) is 22.9. The molecule has 0 saturated carbocycles. The average Bonchev–Trinajstić information content (AvgIpc) is 1.78. The molecular formula is C81H51NS2. The van der Waals surface area contributed by atoms with Gasteiger partial charge in [0.1, 0.15) is 0 Å². The van der Waals surface area contributed by atoms with E-state index in [0.29, 0.717) is 0 Å². The number of benzene rings is 13. The van der Waals surface area contributed by atoms with Crippen LogP contribution in [0.15, 0.2) is 329 Å². The van der Waals surface area contributed by atoms with Gasteiger partial charge in [-0.25, -0.2) is 0 Å². The Balaban J connectivity index is 0.921. The van der Waals surface area contributed by atoms with E-state index < -0.39 is 16.2 Å². The van der Waals surface area contributed by atoms with Gasteiger partial charge < -0.3 is 4.90 Å². The first-order chi connectivity index (χ1) is 41.7. The number of fused-ring (bicyclic) bond motifs is 21. The van der Waals surface area contributed by atoms with Crippen molar-refractivity contribution in [1.82, 2.24) is 0 Å². The molecule has 0 unspecified atom stereocenters. The Morgan fingerprint density at radius 3 is 1.18 bits per heavy atom. The molecule has 13 aromatic rings. The van der Waals surface area contributed by atoms with Gasteiger partial charge in [0.25, 0.3) is 0 Å². The summed E-state index contributed by atoms with van der Waals surface area (Å²) in [6.45, 7) is 0. The van der Waals surface area contributed by atoms with Crippen LogP contribution in [0.5, 0.6) is 0 Å². The van der Waals surface area contributed by atoms with Gasteiger partial charge in [0.05, 0.1) is 21.9 Å². The molecule has 392 valence electrons. The topological polar surface area (TPSA) is 3.24 Å². The van der Waals surface area contributed by atoms with Gasteiger partial charge in [-0.3, -0.25) is 0 Å². The molecule has 0 saturated heterocycles. The highest BCUT2D eigenvalue weighted by Crippen LogP contribution is 2.67. The van der Waals surface area contributed by atoms with Crippen LogP contribution < -0.4 is 4.90 Å². The molecule has 3 aliphatic carbocycles. The Hall–Kier alpha value is -9.64. The molecule has 18 rings (SSSR count). The van der Waals surface area contributed by atoms with Crippen molar-refractivity contribution >= 4 is 40.6 Å². The van der Waals surface area contributed by atoms with E-state index in [4.69, 9.17) is 0 Å². The molecule has 84 heavy (non-hydrogen) atoms. The van der Waals surface area contributed by atoms with Gasteiger partial charge in [-0.1, -0.05) is 278 Å². The van der Waals surface area contributed by atoms with Gasteiger partial charge in [-0.2, -0.15) is 0 Å². The van der Waals surface area contributed by atoms with Crippen LogP contribution in [-0.2, 0) is 16.2 Å². The van der Waals surface area contributed by atoms with Gasteiger partial charge >= 0.3 is 0 Å². The standard InChI is InChI=1S/C81H51NS2/c1-3-25-53(26-4-1)79(54-27-5-2-6-28-54)63-35-11-8-31-60(63)77-57(33-22-41-69(77)79)52-24-21-29-55(50-52)82(56-48-49-59-58-30-7-10-34-62(58)81(71(59)51-56)67-39-15-19-46-75(67)84-76-47-20-16-40-68(76)81)72-43-23-42-70-78(72)61-32-9-12-36-64(61)80(70)65-37-13-17-44-73(65)83-74-45-18-14-38-66(74)80/h1-51H. The van der Waals surface area contributed by atoms with Crippen molar-refractivity contribution in [1.29, 1.82) is 0 Å². The number of hydrogen-bond donors (Lipinski definition) is 0. The maximum absolute atomic E-state index is 2.61. The SMILES string of the molecule is c1ccc(C2(c3ccccc3)c3ccccc3-c3c(-c4cccc(N(c5ccc6c(c5)C5(c7ccccc7Sc7ccccc75)c5ccccc5-6)c5cccc6c5-c5ccccc5C65c6ccccc6Sc6ccccc65)c4)cccc32)cc1. The summed E-state index contributed by atoms with van der Waals surface area (Å²) in [7, 11) is 0. The fraction of sp³-hybridized carbons (Fsp3) is 0.0370. The van der Waals surface area contributed by atoms with Crippen molar-refractivity contribution < 1.29 is 0 Å². The summed E-state index contributed by atoms with van der Waals surface area (Å²) in [5.74, 6) is 0. The largest absolute Gasteiger partial charge is 0.310 e. The summed E-state index contributed by atoms with van der Waals surface area (Å²) < 4.78 is 0. The van der Waals surface area contributed by atoms with E-state index in [1.807, 2.05) is 23.5 Å². The minimum absolute atomic E-state index is 0.524. The zero-order valence-corrected chi connectivity index (χ0v) is 47.3. The van der Waals surface area contributed by atoms with E-state index >= 15 is 0 Å². The Labute approximate surface area is 498 Å². The van der Waals surface area contributed by atoms with Crippen LogP contribution >= 0.6 is 23.5 Å². The maximum atomic E-state index is 2.61. The minimum Gasteiger partial charge on any atom is -0.310 e. The smallest absolute Gasteiger partial charge is 0.0736 e. The van der Waals surface area contributed by atoms with E-state index in [9.17, 15) is 0 Å². The van der Waals surface area contributed by atoms with Crippen LogP contribution in [0.3, 0.4) is 0 Å².